The van der Waals surface area contributed by atoms with Gasteiger partial charge in [0, 0.05) is 18.5 Å². The molecule has 1 saturated carbocycles. The van der Waals surface area contributed by atoms with Crippen LogP contribution in [-0.2, 0) is 10.0 Å². The molecule has 1 aliphatic heterocycles. The highest BCUT2D eigenvalue weighted by Crippen LogP contribution is 2.40. The summed E-state index contributed by atoms with van der Waals surface area (Å²) in [5.74, 6) is 1.89. The van der Waals surface area contributed by atoms with Crippen molar-refractivity contribution in [1.82, 2.24) is 4.31 Å². The molecule has 112 valence electrons. The molecule has 4 atom stereocenters. The van der Waals surface area contributed by atoms with E-state index in [0.717, 1.165) is 12.8 Å². The molecule has 5 heteroatoms. The predicted molar refractivity (Wildman–Crippen MR) is 79.9 cm³/mol. The van der Waals surface area contributed by atoms with Gasteiger partial charge in [-0.1, -0.05) is 26.7 Å². The fraction of sp³-hybridized carbons (Fsp3) is 1.00. The van der Waals surface area contributed by atoms with Crippen molar-refractivity contribution in [2.24, 2.45) is 17.8 Å². The Balaban J connectivity index is 2.14. The van der Waals surface area contributed by atoms with E-state index in [-0.39, 0.29) is 17.7 Å². The highest BCUT2D eigenvalue weighted by molar-refractivity contribution is 7.89. The second-order valence-electron chi connectivity index (χ2n) is 6.43. The summed E-state index contributed by atoms with van der Waals surface area (Å²) in [7, 11) is -3.14. The maximum absolute atomic E-state index is 12.6. The summed E-state index contributed by atoms with van der Waals surface area (Å²) in [6.07, 6.45) is 5.69. The van der Waals surface area contributed by atoms with Crippen molar-refractivity contribution in [3.05, 3.63) is 0 Å². The highest BCUT2D eigenvalue weighted by Gasteiger charge is 2.42. The van der Waals surface area contributed by atoms with E-state index in [9.17, 15) is 8.42 Å². The van der Waals surface area contributed by atoms with Crippen LogP contribution in [0.4, 0.5) is 0 Å². The zero-order valence-electron chi connectivity index (χ0n) is 12.0. The van der Waals surface area contributed by atoms with Crippen LogP contribution in [0.1, 0.15) is 46.0 Å². The van der Waals surface area contributed by atoms with E-state index in [1.165, 1.54) is 19.3 Å². The Morgan fingerprint density at radius 3 is 2.63 bits per heavy atom. The van der Waals surface area contributed by atoms with Crippen LogP contribution in [0.2, 0.25) is 0 Å². The molecular formula is C14H26ClNO2S. The summed E-state index contributed by atoms with van der Waals surface area (Å²) >= 11 is 5.77. The third kappa shape index (κ3) is 3.45. The van der Waals surface area contributed by atoms with Gasteiger partial charge < -0.3 is 0 Å². The molecule has 2 rings (SSSR count). The first-order valence-electron chi connectivity index (χ1n) is 7.51. The highest BCUT2D eigenvalue weighted by atomic mass is 35.5. The standard InChI is InChI=1S/C14H26ClNO2S/c1-11(9-15)10-19(17,18)16-8-7-12(2)13-5-3-4-6-14(13)16/h11-14H,3-10H2,1-2H3. The number of sulfonamides is 1. The Kier molecular flexibility index (Phi) is 5.18. The Hall–Kier alpha value is 0.200. The zero-order valence-corrected chi connectivity index (χ0v) is 13.6. The first kappa shape index (κ1) is 15.6. The quantitative estimate of drug-likeness (QED) is 0.748. The summed E-state index contributed by atoms with van der Waals surface area (Å²) in [5.41, 5.74) is 0. The molecule has 2 aliphatic rings. The zero-order chi connectivity index (χ0) is 14.0. The van der Waals surface area contributed by atoms with Gasteiger partial charge in [0.15, 0.2) is 0 Å². The topological polar surface area (TPSA) is 37.4 Å². The van der Waals surface area contributed by atoms with Gasteiger partial charge in [0.2, 0.25) is 10.0 Å². The third-order valence-electron chi connectivity index (χ3n) is 4.80. The Bertz CT molecular complexity index is 398. The maximum atomic E-state index is 12.6. The molecule has 0 bridgehead atoms. The van der Waals surface area contributed by atoms with Crippen LogP contribution >= 0.6 is 11.6 Å². The maximum Gasteiger partial charge on any atom is 0.214 e. The molecule has 0 aromatic rings. The lowest BCUT2D eigenvalue weighted by Crippen LogP contribution is -2.53. The monoisotopic (exact) mass is 307 g/mol. The van der Waals surface area contributed by atoms with Crippen LogP contribution in [0, 0.1) is 17.8 Å². The molecule has 0 spiro atoms. The van der Waals surface area contributed by atoms with Gasteiger partial charge >= 0.3 is 0 Å². The molecule has 0 aromatic carbocycles. The van der Waals surface area contributed by atoms with Crippen LogP contribution in [-0.4, -0.2) is 36.9 Å². The lowest BCUT2D eigenvalue weighted by Gasteiger charge is -2.46. The van der Waals surface area contributed by atoms with Gasteiger partial charge in [0.1, 0.15) is 0 Å². The second kappa shape index (κ2) is 6.31. The van der Waals surface area contributed by atoms with Crippen LogP contribution < -0.4 is 0 Å². The lowest BCUT2D eigenvalue weighted by molar-refractivity contribution is 0.0825. The lowest BCUT2D eigenvalue weighted by atomic mass is 9.74. The minimum Gasteiger partial charge on any atom is -0.212 e. The van der Waals surface area contributed by atoms with E-state index < -0.39 is 10.0 Å². The van der Waals surface area contributed by atoms with Gasteiger partial charge in [-0.15, -0.1) is 11.6 Å². The molecule has 1 saturated heterocycles. The van der Waals surface area contributed by atoms with Crippen LogP contribution in [0.3, 0.4) is 0 Å². The van der Waals surface area contributed by atoms with Gasteiger partial charge in [0.05, 0.1) is 5.75 Å². The number of hydrogen-bond acceptors (Lipinski definition) is 2. The number of hydrogen-bond donors (Lipinski definition) is 0. The first-order chi connectivity index (χ1) is 8.95. The minimum atomic E-state index is -3.14. The molecule has 1 aliphatic carbocycles. The summed E-state index contributed by atoms with van der Waals surface area (Å²) in [6.45, 7) is 4.91. The van der Waals surface area contributed by atoms with E-state index >= 15 is 0 Å². The van der Waals surface area contributed by atoms with Gasteiger partial charge in [-0.05, 0) is 37.0 Å². The van der Waals surface area contributed by atoms with Gasteiger partial charge in [0.25, 0.3) is 0 Å². The molecule has 3 nitrogen and oxygen atoms in total. The van der Waals surface area contributed by atoms with Crippen molar-refractivity contribution < 1.29 is 8.42 Å². The SMILES string of the molecule is CC(CCl)CS(=O)(=O)N1CCC(C)C2CCCCC21. The number of halogens is 1. The van der Waals surface area contributed by atoms with E-state index in [4.69, 9.17) is 11.6 Å². The number of alkyl halides is 1. The van der Waals surface area contributed by atoms with Crippen molar-refractivity contribution in [2.45, 2.75) is 52.0 Å². The number of piperidine rings is 1. The summed E-state index contributed by atoms with van der Waals surface area (Å²) in [4.78, 5) is 0. The van der Waals surface area contributed by atoms with Crippen LogP contribution in [0.15, 0.2) is 0 Å². The third-order valence-corrected chi connectivity index (χ3v) is 7.49. The fourth-order valence-corrected chi connectivity index (χ4v) is 6.04. The Labute approximate surface area is 122 Å². The van der Waals surface area contributed by atoms with Crippen LogP contribution in [0.25, 0.3) is 0 Å². The van der Waals surface area contributed by atoms with Crippen molar-refractivity contribution in [2.75, 3.05) is 18.2 Å². The average Bonchev–Trinajstić information content (AvgIpc) is 2.38. The Morgan fingerprint density at radius 2 is 1.95 bits per heavy atom. The molecule has 2 fully saturated rings. The van der Waals surface area contributed by atoms with Gasteiger partial charge in [-0.25, -0.2) is 8.42 Å². The van der Waals surface area contributed by atoms with Gasteiger partial charge in [-0.2, -0.15) is 4.31 Å². The van der Waals surface area contributed by atoms with Crippen molar-refractivity contribution in [1.29, 1.82) is 0 Å². The number of fused-ring (bicyclic) bond motifs is 1. The largest absolute Gasteiger partial charge is 0.214 e. The molecule has 0 N–H and O–H groups in total. The fourth-order valence-electron chi connectivity index (χ4n) is 3.72. The molecule has 0 aromatic heterocycles. The van der Waals surface area contributed by atoms with Crippen molar-refractivity contribution >= 4 is 21.6 Å². The Morgan fingerprint density at radius 1 is 1.26 bits per heavy atom. The molecule has 19 heavy (non-hydrogen) atoms. The molecule has 1 heterocycles. The minimum absolute atomic E-state index is 0.0352. The smallest absolute Gasteiger partial charge is 0.212 e. The van der Waals surface area contributed by atoms with Gasteiger partial charge in [-0.3, -0.25) is 0 Å². The van der Waals surface area contributed by atoms with Crippen LogP contribution in [0.5, 0.6) is 0 Å². The van der Waals surface area contributed by atoms with Crippen molar-refractivity contribution in [3.63, 3.8) is 0 Å². The van der Waals surface area contributed by atoms with E-state index in [1.807, 2.05) is 11.2 Å². The molecule has 4 unspecified atom stereocenters. The van der Waals surface area contributed by atoms with E-state index in [2.05, 4.69) is 6.92 Å². The molecule has 0 radical (unpaired) electrons. The number of nitrogens with zero attached hydrogens (tertiary/aromatic N) is 1. The normalized spacial score (nSPS) is 34.8. The second-order valence-corrected chi connectivity index (χ2v) is 8.71. The summed E-state index contributed by atoms with van der Waals surface area (Å²) in [6, 6.07) is 0.255. The molecular weight excluding hydrogens is 282 g/mol. The predicted octanol–water partition coefficient (Wildman–Crippen LogP) is 3.09. The van der Waals surface area contributed by atoms with E-state index in [0.29, 0.717) is 24.3 Å². The first-order valence-corrected chi connectivity index (χ1v) is 9.65. The molecule has 0 amide bonds. The summed E-state index contributed by atoms with van der Waals surface area (Å²) < 4.78 is 27.0. The number of rotatable bonds is 4. The average molecular weight is 308 g/mol. The summed E-state index contributed by atoms with van der Waals surface area (Å²) in [5, 5.41) is 0. The van der Waals surface area contributed by atoms with E-state index in [1.54, 1.807) is 0 Å². The van der Waals surface area contributed by atoms with Crippen molar-refractivity contribution in [3.8, 4) is 0 Å².